The van der Waals surface area contributed by atoms with Gasteiger partial charge >= 0.3 is 0 Å². The minimum absolute atomic E-state index is 0.0907. The highest BCUT2D eigenvalue weighted by Crippen LogP contribution is 2.45. The summed E-state index contributed by atoms with van der Waals surface area (Å²) in [4.78, 5) is 60.6. The van der Waals surface area contributed by atoms with Crippen molar-refractivity contribution in [2.24, 2.45) is 12.5 Å². The number of methoxy groups -OCH3 is 2. The van der Waals surface area contributed by atoms with E-state index in [9.17, 15) is 19.2 Å². The third-order valence-corrected chi connectivity index (χ3v) is 11.1. The molecule has 3 amide bonds. The Morgan fingerprint density at radius 3 is 2.38 bits per heavy atom. The lowest BCUT2D eigenvalue weighted by molar-refractivity contribution is -0.136. The minimum atomic E-state index is -0.607. The molecule has 4 aromatic rings. The maximum absolute atomic E-state index is 13.1. The molecule has 258 valence electrons. The number of amides is 3. The number of benzene rings is 2. The number of nitrogens with zero attached hydrogens (tertiary/aromatic N) is 5. The third-order valence-electron chi connectivity index (χ3n) is 11.1. The molecule has 3 saturated heterocycles. The fraction of sp³-hybridized carbons (Fsp3) is 0.395. The van der Waals surface area contributed by atoms with Gasteiger partial charge in [-0.3, -0.25) is 34.4 Å². The topological polar surface area (TPSA) is 126 Å². The smallest absolute Gasteiger partial charge is 0.259 e. The summed E-state index contributed by atoms with van der Waals surface area (Å²) < 4.78 is 13.4. The van der Waals surface area contributed by atoms with Gasteiger partial charge in [0.25, 0.3) is 11.5 Å². The van der Waals surface area contributed by atoms with Crippen LogP contribution in [0.1, 0.15) is 47.2 Å². The van der Waals surface area contributed by atoms with Crippen molar-refractivity contribution in [2.75, 3.05) is 45.3 Å². The van der Waals surface area contributed by atoms with E-state index in [1.165, 1.54) is 0 Å². The second-order valence-electron chi connectivity index (χ2n) is 14.1. The van der Waals surface area contributed by atoms with Crippen LogP contribution in [0.5, 0.6) is 11.5 Å². The molecule has 4 aliphatic heterocycles. The lowest BCUT2D eigenvalue weighted by Gasteiger charge is -2.55. The predicted octanol–water partition coefficient (Wildman–Crippen LogP) is 3.48. The second kappa shape index (κ2) is 12.3. The highest BCUT2D eigenvalue weighted by atomic mass is 16.5. The van der Waals surface area contributed by atoms with Crippen LogP contribution >= 0.6 is 0 Å². The highest BCUT2D eigenvalue weighted by molar-refractivity contribution is 6.05. The van der Waals surface area contributed by atoms with E-state index in [1.807, 2.05) is 36.5 Å². The first-order chi connectivity index (χ1) is 24.2. The van der Waals surface area contributed by atoms with Gasteiger partial charge in [-0.25, -0.2) is 0 Å². The zero-order chi connectivity index (χ0) is 34.7. The van der Waals surface area contributed by atoms with Gasteiger partial charge in [0.05, 0.1) is 25.2 Å². The zero-order valence-electron chi connectivity index (χ0n) is 28.5. The number of carbonyl (C=O) groups is 3. The molecule has 0 radical (unpaired) electrons. The van der Waals surface area contributed by atoms with Gasteiger partial charge in [-0.05, 0) is 85.3 Å². The number of fused-ring (bicyclic) bond motifs is 2. The molecule has 1 unspecified atom stereocenters. The van der Waals surface area contributed by atoms with Gasteiger partial charge in [0, 0.05) is 80.5 Å². The maximum Gasteiger partial charge on any atom is 0.259 e. The van der Waals surface area contributed by atoms with E-state index in [4.69, 9.17) is 9.47 Å². The van der Waals surface area contributed by atoms with Gasteiger partial charge in [-0.1, -0.05) is 0 Å². The number of anilines is 1. The Morgan fingerprint density at radius 1 is 0.940 bits per heavy atom. The number of hydrogen-bond acceptors (Lipinski definition) is 9. The predicted molar refractivity (Wildman–Crippen MR) is 187 cm³/mol. The first-order valence-electron chi connectivity index (χ1n) is 17.1. The summed E-state index contributed by atoms with van der Waals surface area (Å²) >= 11 is 0. The Labute approximate surface area is 289 Å². The number of pyridine rings is 2. The fourth-order valence-electron chi connectivity index (χ4n) is 8.27. The molecule has 12 nitrogen and oxygen atoms in total. The molecule has 12 heteroatoms. The van der Waals surface area contributed by atoms with Gasteiger partial charge in [0.15, 0.2) is 0 Å². The van der Waals surface area contributed by atoms with Crippen LogP contribution in [0.15, 0.2) is 59.8 Å². The van der Waals surface area contributed by atoms with Crippen molar-refractivity contribution in [3.05, 3.63) is 82.0 Å². The van der Waals surface area contributed by atoms with Crippen molar-refractivity contribution in [3.8, 4) is 22.6 Å². The number of aromatic nitrogens is 2. The fourth-order valence-corrected chi connectivity index (χ4v) is 8.27. The maximum atomic E-state index is 13.1. The largest absolute Gasteiger partial charge is 0.496 e. The molecule has 0 aliphatic carbocycles. The number of nitrogens with one attached hydrogen (secondary N) is 1. The Kier molecular flexibility index (Phi) is 7.86. The van der Waals surface area contributed by atoms with E-state index in [1.54, 1.807) is 43.1 Å². The number of likely N-dealkylation sites (tertiary alicyclic amines) is 1. The van der Waals surface area contributed by atoms with Crippen LogP contribution in [0.25, 0.3) is 21.9 Å². The quantitative estimate of drug-likeness (QED) is 0.293. The molecule has 8 rings (SSSR count). The van der Waals surface area contributed by atoms with Crippen molar-refractivity contribution in [1.82, 2.24) is 24.7 Å². The molecular formula is C38H40N6O6. The third kappa shape index (κ3) is 5.38. The van der Waals surface area contributed by atoms with Crippen molar-refractivity contribution < 1.29 is 23.9 Å². The molecule has 50 heavy (non-hydrogen) atoms. The number of hydrogen-bond donors (Lipinski definition) is 1. The van der Waals surface area contributed by atoms with Crippen LogP contribution in [-0.4, -0.2) is 83.5 Å². The van der Waals surface area contributed by atoms with Crippen LogP contribution in [-0.2, 0) is 29.7 Å². The Bertz CT molecular complexity index is 2090. The number of aryl methyl sites for hydroxylation is 1. The molecule has 1 spiro atoms. The van der Waals surface area contributed by atoms with Crippen molar-refractivity contribution >= 4 is 34.2 Å². The average molecular weight is 677 g/mol. The number of carbonyl (C=O) groups excluding carboxylic acids is 3. The summed E-state index contributed by atoms with van der Waals surface area (Å²) in [6, 6.07) is 11.3. The number of rotatable bonds is 7. The summed E-state index contributed by atoms with van der Waals surface area (Å²) in [5.74, 6) is 0.679. The monoisotopic (exact) mass is 676 g/mol. The van der Waals surface area contributed by atoms with Gasteiger partial charge in [-0.2, -0.15) is 0 Å². The van der Waals surface area contributed by atoms with E-state index < -0.39 is 6.04 Å². The van der Waals surface area contributed by atoms with Gasteiger partial charge in [0.2, 0.25) is 11.8 Å². The number of piperidine rings is 2. The van der Waals surface area contributed by atoms with Crippen molar-refractivity contribution in [2.45, 2.75) is 44.8 Å². The summed E-state index contributed by atoms with van der Waals surface area (Å²) in [5.41, 5.74) is 5.65. The number of imide groups is 1. The first kappa shape index (κ1) is 32.0. The van der Waals surface area contributed by atoms with E-state index in [-0.39, 0.29) is 35.1 Å². The Balaban J connectivity index is 0.929. The van der Waals surface area contributed by atoms with Crippen LogP contribution in [0.4, 0.5) is 5.69 Å². The molecule has 1 atom stereocenters. The molecule has 0 saturated carbocycles. The molecule has 1 N–H and O–H groups in total. The van der Waals surface area contributed by atoms with Crippen LogP contribution in [0, 0.1) is 5.41 Å². The van der Waals surface area contributed by atoms with Gasteiger partial charge in [-0.15, -0.1) is 0 Å². The van der Waals surface area contributed by atoms with Crippen molar-refractivity contribution in [1.29, 1.82) is 0 Å². The van der Waals surface area contributed by atoms with Gasteiger partial charge < -0.3 is 23.8 Å². The molecule has 2 aromatic heterocycles. The van der Waals surface area contributed by atoms with E-state index in [2.05, 4.69) is 26.2 Å². The summed E-state index contributed by atoms with van der Waals surface area (Å²) in [6.45, 7) is 4.94. The lowest BCUT2D eigenvalue weighted by atomic mass is 9.71. The normalized spacial score (nSPS) is 20.2. The molecular weight excluding hydrogens is 636 g/mol. The highest BCUT2D eigenvalue weighted by Gasteiger charge is 2.46. The van der Waals surface area contributed by atoms with Crippen LogP contribution in [0.2, 0.25) is 0 Å². The Hall–Kier alpha value is -5.23. The zero-order valence-corrected chi connectivity index (χ0v) is 28.5. The average Bonchev–Trinajstić information content (AvgIpc) is 3.44. The van der Waals surface area contributed by atoms with Crippen LogP contribution in [0.3, 0.4) is 0 Å². The van der Waals surface area contributed by atoms with Gasteiger partial charge in [0.1, 0.15) is 17.5 Å². The van der Waals surface area contributed by atoms with E-state index in [0.717, 1.165) is 83.8 Å². The van der Waals surface area contributed by atoms with E-state index in [0.29, 0.717) is 30.5 Å². The summed E-state index contributed by atoms with van der Waals surface area (Å²) in [5, 5.41) is 3.77. The molecule has 6 heterocycles. The van der Waals surface area contributed by atoms with E-state index >= 15 is 0 Å². The van der Waals surface area contributed by atoms with Crippen molar-refractivity contribution in [3.63, 3.8) is 0 Å². The molecule has 2 aromatic carbocycles. The molecule has 3 fully saturated rings. The minimum Gasteiger partial charge on any atom is -0.496 e. The van der Waals surface area contributed by atoms with Crippen LogP contribution < -0.4 is 25.2 Å². The lowest BCUT2D eigenvalue weighted by Crippen LogP contribution is -2.60. The standard InChI is InChI=1S/C38H40N6O6/c1-41-19-29(27-8-11-39-17-28(27)36(41)47)23-15-32(49-2)30(33(16-23)50-3)20-42-12-9-38(10-13-42)21-43(22-38)25-4-5-26-24(14-25)18-44(37(26)48)31-6-7-34(45)40-35(31)46/h4-5,8,11,14-17,19,31H,6-7,9-10,12-13,18,20-22H2,1-3H3,(H,40,45,46). The summed E-state index contributed by atoms with van der Waals surface area (Å²) in [6.07, 6.45) is 7.93. The second-order valence-corrected chi connectivity index (χ2v) is 14.1. The summed E-state index contributed by atoms with van der Waals surface area (Å²) in [7, 11) is 5.11. The molecule has 4 aliphatic rings. The number of ether oxygens (including phenoxy) is 2. The first-order valence-corrected chi connectivity index (χ1v) is 17.1. The Morgan fingerprint density at radius 2 is 1.68 bits per heavy atom. The SMILES string of the molecule is COc1cc(-c2cn(C)c(=O)c3cnccc23)cc(OC)c1CN1CCC2(CC1)CN(c1ccc3c(c1)CN(C1CCC(=O)NC1=O)C3=O)C2. The molecule has 0 bridgehead atoms.